The van der Waals surface area contributed by atoms with Gasteiger partial charge in [0.05, 0.1) is 11.6 Å². The third kappa shape index (κ3) is 1.48. The van der Waals surface area contributed by atoms with E-state index in [0.717, 1.165) is 23.0 Å². The first-order chi connectivity index (χ1) is 9.38. The summed E-state index contributed by atoms with van der Waals surface area (Å²) in [6.45, 7) is 0. The molecule has 2 saturated heterocycles. The van der Waals surface area contributed by atoms with Gasteiger partial charge < -0.3 is 4.90 Å². The summed E-state index contributed by atoms with van der Waals surface area (Å²) in [7, 11) is 0. The highest BCUT2D eigenvalue weighted by atomic mass is 15.2. The van der Waals surface area contributed by atoms with E-state index in [4.69, 9.17) is 0 Å². The predicted octanol–water partition coefficient (Wildman–Crippen LogP) is 3.84. The largest absolute Gasteiger partial charge is 0.365 e. The van der Waals surface area contributed by atoms with Crippen molar-refractivity contribution in [1.82, 2.24) is 0 Å². The summed E-state index contributed by atoms with van der Waals surface area (Å²) < 4.78 is 0. The monoisotopic (exact) mass is 248 g/mol. The zero-order valence-corrected chi connectivity index (χ0v) is 10.8. The lowest BCUT2D eigenvalue weighted by molar-refractivity contribution is 0.576. The highest BCUT2D eigenvalue weighted by molar-refractivity contribution is 5.98. The van der Waals surface area contributed by atoms with Crippen LogP contribution in [-0.2, 0) is 0 Å². The number of nitriles is 1. The SMILES string of the molecule is N#Cc1ccc(N2C3CCC2CC3)c2ccccc12. The Morgan fingerprint density at radius 1 is 0.895 bits per heavy atom. The van der Waals surface area contributed by atoms with Crippen LogP contribution >= 0.6 is 0 Å². The molecule has 0 aromatic heterocycles. The summed E-state index contributed by atoms with van der Waals surface area (Å²) >= 11 is 0. The molecule has 0 spiro atoms. The van der Waals surface area contributed by atoms with Crippen LogP contribution in [0.25, 0.3) is 10.8 Å². The summed E-state index contributed by atoms with van der Waals surface area (Å²) in [5.41, 5.74) is 2.12. The first-order valence-electron chi connectivity index (χ1n) is 7.08. The number of fused-ring (bicyclic) bond motifs is 3. The maximum Gasteiger partial charge on any atom is 0.0998 e. The second kappa shape index (κ2) is 3.99. The van der Waals surface area contributed by atoms with Gasteiger partial charge in [-0.3, -0.25) is 0 Å². The molecule has 19 heavy (non-hydrogen) atoms. The van der Waals surface area contributed by atoms with Gasteiger partial charge in [-0.1, -0.05) is 24.3 Å². The molecule has 0 unspecified atom stereocenters. The molecule has 2 heteroatoms. The van der Waals surface area contributed by atoms with Crippen LogP contribution in [0.3, 0.4) is 0 Å². The van der Waals surface area contributed by atoms with Gasteiger partial charge in [0.2, 0.25) is 0 Å². The van der Waals surface area contributed by atoms with Gasteiger partial charge >= 0.3 is 0 Å². The molecule has 0 aliphatic carbocycles. The molecule has 2 aliphatic rings. The number of hydrogen-bond donors (Lipinski definition) is 0. The number of hydrogen-bond acceptors (Lipinski definition) is 2. The quantitative estimate of drug-likeness (QED) is 0.766. The lowest BCUT2D eigenvalue weighted by Crippen LogP contribution is -2.28. The molecule has 2 aliphatic heterocycles. The van der Waals surface area contributed by atoms with E-state index < -0.39 is 0 Å². The smallest absolute Gasteiger partial charge is 0.0998 e. The summed E-state index contributed by atoms with van der Waals surface area (Å²) in [4.78, 5) is 2.61. The van der Waals surface area contributed by atoms with E-state index in [1.165, 1.54) is 36.8 Å². The molecule has 4 rings (SSSR count). The zero-order valence-electron chi connectivity index (χ0n) is 10.8. The molecule has 0 atom stereocenters. The minimum absolute atomic E-state index is 0.723. The third-order valence-electron chi connectivity index (χ3n) is 4.75. The molecule has 0 amide bonds. The van der Waals surface area contributed by atoms with E-state index in [1.54, 1.807) is 0 Å². The van der Waals surface area contributed by atoms with E-state index in [-0.39, 0.29) is 0 Å². The molecule has 2 aromatic rings. The standard InChI is InChI=1S/C17H16N2/c18-11-12-5-10-17(16-4-2-1-3-15(12)16)19-13-6-7-14(19)9-8-13/h1-5,10,13-14H,6-9H2. The van der Waals surface area contributed by atoms with Crippen molar-refractivity contribution in [3.8, 4) is 6.07 Å². The molecule has 94 valence electrons. The van der Waals surface area contributed by atoms with E-state index in [9.17, 15) is 5.26 Å². The number of anilines is 1. The Morgan fingerprint density at radius 3 is 2.16 bits per heavy atom. The number of rotatable bonds is 1. The molecule has 0 N–H and O–H groups in total. The molecule has 0 saturated carbocycles. The van der Waals surface area contributed by atoms with Crippen LogP contribution in [0.15, 0.2) is 36.4 Å². The fourth-order valence-corrected chi connectivity index (χ4v) is 3.91. The molecule has 2 heterocycles. The highest BCUT2D eigenvalue weighted by Gasteiger charge is 2.39. The summed E-state index contributed by atoms with van der Waals surface area (Å²) in [5.74, 6) is 0. The van der Waals surface area contributed by atoms with Crippen LogP contribution in [0.4, 0.5) is 5.69 Å². The van der Waals surface area contributed by atoms with Gasteiger partial charge in [-0.15, -0.1) is 0 Å². The van der Waals surface area contributed by atoms with Gasteiger partial charge in [0.1, 0.15) is 0 Å². The molecular formula is C17H16N2. The van der Waals surface area contributed by atoms with Gasteiger partial charge in [0.15, 0.2) is 0 Å². The Morgan fingerprint density at radius 2 is 1.53 bits per heavy atom. The second-order valence-electron chi connectivity index (χ2n) is 5.66. The van der Waals surface area contributed by atoms with Crippen molar-refractivity contribution in [3.63, 3.8) is 0 Å². The van der Waals surface area contributed by atoms with Gasteiger partial charge in [-0.05, 0) is 37.8 Å². The fourth-order valence-electron chi connectivity index (χ4n) is 3.91. The van der Waals surface area contributed by atoms with Crippen molar-refractivity contribution in [3.05, 3.63) is 42.0 Å². The van der Waals surface area contributed by atoms with E-state index >= 15 is 0 Å². The maximum absolute atomic E-state index is 9.24. The Kier molecular flexibility index (Phi) is 2.29. The Bertz CT molecular complexity index is 663. The van der Waals surface area contributed by atoms with Crippen LogP contribution in [0.1, 0.15) is 31.2 Å². The highest BCUT2D eigenvalue weighted by Crippen LogP contribution is 2.43. The van der Waals surface area contributed by atoms with Gasteiger partial charge in [-0.25, -0.2) is 0 Å². The summed E-state index contributed by atoms with van der Waals surface area (Å²) in [6.07, 6.45) is 5.33. The fraction of sp³-hybridized carbons (Fsp3) is 0.353. The molecule has 2 bridgehead atoms. The van der Waals surface area contributed by atoms with Crippen LogP contribution in [-0.4, -0.2) is 12.1 Å². The molecule has 2 nitrogen and oxygen atoms in total. The van der Waals surface area contributed by atoms with Gasteiger partial charge in [-0.2, -0.15) is 5.26 Å². The molecule has 0 radical (unpaired) electrons. The maximum atomic E-state index is 9.24. The van der Waals surface area contributed by atoms with E-state index in [0.29, 0.717) is 0 Å². The predicted molar refractivity (Wildman–Crippen MR) is 77.2 cm³/mol. The third-order valence-corrected chi connectivity index (χ3v) is 4.75. The van der Waals surface area contributed by atoms with Crippen LogP contribution in [0, 0.1) is 11.3 Å². The summed E-state index contributed by atoms with van der Waals surface area (Å²) in [5, 5.41) is 11.6. The van der Waals surface area contributed by atoms with Crippen molar-refractivity contribution in [1.29, 1.82) is 5.26 Å². The van der Waals surface area contributed by atoms with E-state index in [1.807, 2.05) is 12.1 Å². The first-order valence-corrected chi connectivity index (χ1v) is 7.08. The Balaban J connectivity index is 1.94. The van der Waals surface area contributed by atoms with Crippen molar-refractivity contribution in [2.75, 3.05) is 4.90 Å². The van der Waals surface area contributed by atoms with Crippen molar-refractivity contribution in [2.24, 2.45) is 0 Å². The summed E-state index contributed by atoms with van der Waals surface area (Å²) in [6, 6.07) is 16.2. The number of benzene rings is 2. The average molecular weight is 248 g/mol. The first kappa shape index (κ1) is 10.9. The Labute approximate surface area is 113 Å². The average Bonchev–Trinajstić information content (AvgIpc) is 3.06. The Hall–Kier alpha value is -2.01. The normalized spacial score (nSPS) is 24.9. The number of nitrogens with zero attached hydrogens (tertiary/aromatic N) is 2. The molecular weight excluding hydrogens is 232 g/mol. The van der Waals surface area contributed by atoms with Crippen molar-refractivity contribution in [2.45, 2.75) is 37.8 Å². The zero-order chi connectivity index (χ0) is 12.8. The van der Waals surface area contributed by atoms with Crippen molar-refractivity contribution >= 4 is 16.5 Å². The molecule has 2 aromatic carbocycles. The lowest BCUT2D eigenvalue weighted by Gasteiger charge is -2.26. The van der Waals surface area contributed by atoms with Crippen LogP contribution < -0.4 is 4.90 Å². The minimum Gasteiger partial charge on any atom is -0.365 e. The topological polar surface area (TPSA) is 27.0 Å². The van der Waals surface area contributed by atoms with Crippen LogP contribution in [0.2, 0.25) is 0 Å². The molecule has 2 fully saturated rings. The van der Waals surface area contributed by atoms with Crippen molar-refractivity contribution < 1.29 is 0 Å². The van der Waals surface area contributed by atoms with Gasteiger partial charge in [0.25, 0.3) is 0 Å². The minimum atomic E-state index is 0.723. The lowest BCUT2D eigenvalue weighted by atomic mass is 10.0. The second-order valence-corrected chi connectivity index (χ2v) is 5.66. The van der Waals surface area contributed by atoms with E-state index in [2.05, 4.69) is 35.2 Å². The van der Waals surface area contributed by atoms with Gasteiger partial charge in [0, 0.05) is 28.5 Å². The van der Waals surface area contributed by atoms with Crippen LogP contribution in [0.5, 0.6) is 0 Å².